The normalized spacial score (nSPS) is 17.7. The van der Waals surface area contributed by atoms with E-state index in [1.165, 1.54) is 43.0 Å². The van der Waals surface area contributed by atoms with Crippen LogP contribution in [0.3, 0.4) is 0 Å². The molecule has 1 aromatic rings. The van der Waals surface area contributed by atoms with Crippen LogP contribution in [0.25, 0.3) is 0 Å². The van der Waals surface area contributed by atoms with Crippen LogP contribution in [0.2, 0.25) is 0 Å². The predicted octanol–water partition coefficient (Wildman–Crippen LogP) is 7.19. The second kappa shape index (κ2) is 12.0. The van der Waals surface area contributed by atoms with E-state index < -0.39 is 15.6 Å². The van der Waals surface area contributed by atoms with Gasteiger partial charge in [-0.25, -0.2) is 4.52 Å². The van der Waals surface area contributed by atoms with Gasteiger partial charge in [-0.05, 0) is 31.8 Å². The Kier molecular flexibility index (Phi) is 11.3. The van der Waals surface area contributed by atoms with Crippen LogP contribution in [0.15, 0.2) is 24.3 Å². The number of benzene rings is 1. The SMILES string of the molecule is CCCCC(CO[P+](C)(P)OP(C)c1ccc(C)cc1)C(C)CCC. The monoisotopic (exact) mass is 403 g/mol. The Bertz CT molecular complexity index is 476. The molecule has 5 heteroatoms. The number of unbranched alkanes of at least 4 members (excludes halogenated alkanes) is 1. The molecule has 0 N–H and O–H groups in total. The summed E-state index contributed by atoms with van der Waals surface area (Å²) in [6, 6.07) is 8.67. The molecule has 0 bridgehead atoms. The zero-order valence-electron chi connectivity index (χ0n) is 17.0. The van der Waals surface area contributed by atoms with Gasteiger partial charge in [0.1, 0.15) is 14.8 Å². The zero-order chi connectivity index (χ0) is 18.9. The van der Waals surface area contributed by atoms with Gasteiger partial charge in [-0.1, -0.05) is 76.3 Å². The second-order valence-electron chi connectivity index (χ2n) is 7.29. The van der Waals surface area contributed by atoms with Gasteiger partial charge >= 0.3 is 0 Å². The Morgan fingerprint density at radius 3 is 2.32 bits per heavy atom. The average molecular weight is 403 g/mol. The van der Waals surface area contributed by atoms with Crippen LogP contribution in [0.5, 0.6) is 0 Å². The van der Waals surface area contributed by atoms with E-state index in [0.29, 0.717) is 5.92 Å². The summed E-state index contributed by atoms with van der Waals surface area (Å²) < 4.78 is 12.7. The number of rotatable bonds is 12. The van der Waals surface area contributed by atoms with Gasteiger partial charge in [-0.3, -0.25) is 0 Å². The summed E-state index contributed by atoms with van der Waals surface area (Å²) in [4.78, 5) is 0. The maximum absolute atomic E-state index is 6.37. The molecule has 5 atom stereocenters. The molecular weight excluding hydrogens is 365 g/mol. The van der Waals surface area contributed by atoms with Crippen LogP contribution in [0.1, 0.15) is 58.4 Å². The van der Waals surface area contributed by atoms with Crippen LogP contribution in [-0.4, -0.2) is 19.9 Å². The third kappa shape index (κ3) is 9.26. The summed E-state index contributed by atoms with van der Waals surface area (Å²) in [5.41, 5.74) is 1.29. The Morgan fingerprint density at radius 1 is 1.12 bits per heavy atom. The van der Waals surface area contributed by atoms with Crippen molar-refractivity contribution in [3.05, 3.63) is 29.8 Å². The Morgan fingerprint density at radius 2 is 1.76 bits per heavy atom. The summed E-state index contributed by atoms with van der Waals surface area (Å²) in [6.07, 6.45) is 6.35. The Balaban J connectivity index is 2.59. The van der Waals surface area contributed by atoms with Crippen molar-refractivity contribution in [2.75, 3.05) is 19.9 Å². The van der Waals surface area contributed by atoms with Gasteiger partial charge in [0.25, 0.3) is 7.40 Å². The minimum Gasteiger partial charge on any atom is -0.204 e. The van der Waals surface area contributed by atoms with E-state index in [9.17, 15) is 0 Å². The molecule has 25 heavy (non-hydrogen) atoms. The van der Waals surface area contributed by atoms with Crippen LogP contribution in [0.4, 0.5) is 0 Å². The molecule has 2 nitrogen and oxygen atoms in total. The van der Waals surface area contributed by atoms with E-state index in [0.717, 1.165) is 12.5 Å². The quantitative estimate of drug-likeness (QED) is 0.344. The van der Waals surface area contributed by atoms with Gasteiger partial charge in [0, 0.05) is 5.30 Å². The van der Waals surface area contributed by atoms with E-state index in [-0.39, 0.29) is 0 Å². The number of aryl methyl sites for hydroxylation is 1. The van der Waals surface area contributed by atoms with E-state index >= 15 is 0 Å². The highest BCUT2D eigenvalue weighted by Crippen LogP contribution is 2.71. The molecule has 5 unspecified atom stereocenters. The molecule has 0 aromatic heterocycles. The lowest BCUT2D eigenvalue weighted by Gasteiger charge is -2.26. The first kappa shape index (κ1) is 23.5. The van der Waals surface area contributed by atoms with Crippen molar-refractivity contribution in [2.24, 2.45) is 11.8 Å². The standard InChI is InChI=1S/C20H38O2P3/c1-7-9-11-19(18(4)10-8-2)16-21-25(6,23)22-24(5)20-14-12-17(3)13-15-20/h12-15,18-19H,7-11,16,23H2,1-6H3/q+1. The lowest BCUT2D eigenvalue weighted by atomic mass is 9.87. The molecule has 0 aliphatic carbocycles. The maximum atomic E-state index is 6.37. The van der Waals surface area contributed by atoms with Crippen LogP contribution >= 0.6 is 24.5 Å². The first-order valence-corrected chi connectivity index (χ1v) is 15.0. The summed E-state index contributed by atoms with van der Waals surface area (Å²) in [6.45, 7) is 14.2. The number of hydrogen-bond donors (Lipinski definition) is 0. The van der Waals surface area contributed by atoms with Crippen molar-refractivity contribution in [3.8, 4) is 0 Å². The minimum atomic E-state index is -1.88. The van der Waals surface area contributed by atoms with E-state index in [1.807, 2.05) is 0 Å². The molecule has 0 saturated carbocycles. The van der Waals surface area contributed by atoms with Gasteiger partial charge in [0.15, 0.2) is 0 Å². The van der Waals surface area contributed by atoms with Gasteiger partial charge in [-0.2, -0.15) is 4.31 Å². The van der Waals surface area contributed by atoms with Gasteiger partial charge < -0.3 is 0 Å². The van der Waals surface area contributed by atoms with E-state index in [4.69, 9.17) is 8.83 Å². The predicted molar refractivity (Wildman–Crippen MR) is 120 cm³/mol. The molecule has 0 heterocycles. The van der Waals surface area contributed by atoms with E-state index in [2.05, 4.69) is 74.2 Å². The summed E-state index contributed by atoms with van der Waals surface area (Å²) in [5.74, 6) is 1.37. The fraction of sp³-hybridized carbons (Fsp3) is 0.700. The van der Waals surface area contributed by atoms with Crippen molar-refractivity contribution >= 4 is 29.8 Å². The Hall–Kier alpha value is 0.430. The smallest absolute Gasteiger partial charge is 0.204 e. The molecule has 0 saturated heterocycles. The van der Waals surface area contributed by atoms with Crippen molar-refractivity contribution in [1.82, 2.24) is 0 Å². The molecule has 0 fully saturated rings. The zero-order valence-corrected chi connectivity index (χ0v) is 19.9. The lowest BCUT2D eigenvalue weighted by Crippen LogP contribution is -2.18. The molecule has 0 amide bonds. The van der Waals surface area contributed by atoms with Gasteiger partial charge in [0.2, 0.25) is 0 Å². The highest BCUT2D eigenvalue weighted by Gasteiger charge is 2.35. The van der Waals surface area contributed by atoms with Crippen molar-refractivity contribution in [1.29, 1.82) is 0 Å². The first-order chi connectivity index (χ1) is 11.8. The third-order valence-electron chi connectivity index (χ3n) is 4.70. The summed E-state index contributed by atoms with van der Waals surface area (Å²) >= 11 is 0. The summed E-state index contributed by atoms with van der Waals surface area (Å²) in [5, 5.41) is 1.28. The lowest BCUT2D eigenvalue weighted by molar-refractivity contribution is 0.185. The fourth-order valence-corrected chi connectivity index (χ4v) is 8.10. The highest BCUT2D eigenvalue weighted by atomic mass is 32.1. The summed E-state index contributed by atoms with van der Waals surface area (Å²) in [7, 11) is 0.365. The Labute approximate surface area is 160 Å². The molecule has 0 radical (unpaired) electrons. The van der Waals surface area contributed by atoms with Crippen molar-refractivity contribution in [3.63, 3.8) is 0 Å². The molecule has 0 aliphatic heterocycles. The molecule has 0 spiro atoms. The molecular formula is C20H38O2P3+. The molecule has 0 aliphatic rings. The van der Waals surface area contributed by atoms with Crippen LogP contribution in [0, 0.1) is 18.8 Å². The van der Waals surface area contributed by atoms with Crippen LogP contribution in [-0.2, 0) is 8.83 Å². The third-order valence-corrected chi connectivity index (χ3v) is 9.96. The topological polar surface area (TPSA) is 18.5 Å². The average Bonchev–Trinajstić information content (AvgIpc) is 2.55. The molecule has 1 rings (SSSR count). The van der Waals surface area contributed by atoms with Crippen LogP contribution < -0.4 is 5.30 Å². The maximum Gasteiger partial charge on any atom is 0.287 e. The first-order valence-electron chi connectivity index (χ1n) is 9.58. The molecule has 144 valence electrons. The number of hydrogen-bond acceptors (Lipinski definition) is 2. The fourth-order valence-electron chi connectivity index (χ4n) is 3.00. The molecule has 1 aromatic carbocycles. The van der Waals surface area contributed by atoms with Crippen molar-refractivity contribution < 1.29 is 8.83 Å². The van der Waals surface area contributed by atoms with Crippen molar-refractivity contribution in [2.45, 2.75) is 59.8 Å². The van der Waals surface area contributed by atoms with Gasteiger partial charge in [0.05, 0.1) is 15.5 Å². The minimum absolute atomic E-state index is 0.636. The highest BCUT2D eigenvalue weighted by molar-refractivity contribution is 8.20. The van der Waals surface area contributed by atoms with Gasteiger partial charge in [-0.15, -0.1) is 0 Å². The van der Waals surface area contributed by atoms with E-state index in [1.54, 1.807) is 0 Å². The largest absolute Gasteiger partial charge is 0.287 e. The second-order valence-corrected chi connectivity index (χ2v) is 14.3.